The Balaban J connectivity index is 2.32. The third kappa shape index (κ3) is 3.66. The van der Waals surface area contributed by atoms with E-state index in [9.17, 15) is 4.79 Å². The molecule has 0 amide bonds. The molecule has 110 valence electrons. The molecule has 5 heteroatoms. The SMILES string of the molecule is CCOC(=O)c1cc(N)ccc1Nc1cccc(OC)c1. The highest BCUT2D eigenvalue weighted by atomic mass is 16.5. The molecule has 3 N–H and O–H groups in total. The summed E-state index contributed by atoms with van der Waals surface area (Å²) >= 11 is 0. The second-order valence-corrected chi connectivity index (χ2v) is 4.38. The van der Waals surface area contributed by atoms with Crippen LogP contribution in [0.25, 0.3) is 0 Å². The monoisotopic (exact) mass is 286 g/mol. The summed E-state index contributed by atoms with van der Waals surface area (Å²) in [7, 11) is 1.60. The minimum atomic E-state index is -0.407. The van der Waals surface area contributed by atoms with Gasteiger partial charge in [-0.3, -0.25) is 0 Å². The zero-order chi connectivity index (χ0) is 15.2. The van der Waals surface area contributed by atoms with Crippen LogP contribution in [0.5, 0.6) is 5.75 Å². The van der Waals surface area contributed by atoms with Gasteiger partial charge < -0.3 is 20.5 Å². The lowest BCUT2D eigenvalue weighted by Gasteiger charge is -2.13. The number of rotatable bonds is 5. The predicted octanol–water partition coefficient (Wildman–Crippen LogP) is 3.20. The van der Waals surface area contributed by atoms with Crippen LogP contribution in [0.4, 0.5) is 17.1 Å². The molecular weight excluding hydrogens is 268 g/mol. The summed E-state index contributed by atoms with van der Waals surface area (Å²) in [4.78, 5) is 12.0. The summed E-state index contributed by atoms with van der Waals surface area (Å²) in [6.07, 6.45) is 0. The maximum Gasteiger partial charge on any atom is 0.340 e. The van der Waals surface area contributed by atoms with Crippen molar-refractivity contribution in [3.05, 3.63) is 48.0 Å². The van der Waals surface area contributed by atoms with Crippen LogP contribution >= 0.6 is 0 Å². The van der Waals surface area contributed by atoms with Gasteiger partial charge in [0.2, 0.25) is 0 Å². The normalized spacial score (nSPS) is 10.0. The quantitative estimate of drug-likeness (QED) is 0.652. The second kappa shape index (κ2) is 6.65. The number of nitrogens with one attached hydrogen (secondary N) is 1. The van der Waals surface area contributed by atoms with E-state index < -0.39 is 5.97 Å². The lowest BCUT2D eigenvalue weighted by molar-refractivity contribution is 0.0527. The fourth-order valence-corrected chi connectivity index (χ4v) is 1.90. The number of esters is 1. The number of methoxy groups -OCH3 is 1. The molecule has 2 rings (SSSR count). The van der Waals surface area contributed by atoms with E-state index in [0.717, 1.165) is 11.4 Å². The van der Waals surface area contributed by atoms with E-state index in [1.54, 1.807) is 32.2 Å². The first-order valence-corrected chi connectivity index (χ1v) is 6.61. The fourth-order valence-electron chi connectivity index (χ4n) is 1.90. The van der Waals surface area contributed by atoms with Gasteiger partial charge in [-0.1, -0.05) is 6.07 Å². The Kier molecular flexibility index (Phi) is 4.66. The summed E-state index contributed by atoms with van der Waals surface area (Å²) in [5.41, 5.74) is 8.10. The number of hydrogen-bond donors (Lipinski definition) is 2. The molecule has 2 aromatic rings. The first kappa shape index (κ1) is 14.7. The molecule has 0 spiro atoms. The van der Waals surface area contributed by atoms with Gasteiger partial charge in [0, 0.05) is 17.4 Å². The van der Waals surface area contributed by atoms with Gasteiger partial charge in [-0.25, -0.2) is 4.79 Å². The number of benzene rings is 2. The highest BCUT2D eigenvalue weighted by Crippen LogP contribution is 2.26. The smallest absolute Gasteiger partial charge is 0.340 e. The van der Waals surface area contributed by atoms with Crippen LogP contribution in [0.3, 0.4) is 0 Å². The Bertz CT molecular complexity index is 641. The average molecular weight is 286 g/mol. The van der Waals surface area contributed by atoms with Gasteiger partial charge in [-0.15, -0.1) is 0 Å². The summed E-state index contributed by atoms with van der Waals surface area (Å²) in [5, 5.41) is 3.18. The number of ether oxygens (including phenoxy) is 2. The largest absolute Gasteiger partial charge is 0.497 e. The number of carbonyl (C=O) groups excluding carboxylic acids is 1. The molecule has 0 radical (unpaired) electrons. The first-order chi connectivity index (χ1) is 10.1. The van der Waals surface area contributed by atoms with Crippen LogP contribution in [0.2, 0.25) is 0 Å². The van der Waals surface area contributed by atoms with Gasteiger partial charge in [0.05, 0.1) is 25.0 Å². The highest BCUT2D eigenvalue weighted by molar-refractivity contribution is 5.97. The molecule has 0 unspecified atom stereocenters. The molecule has 0 atom stereocenters. The van der Waals surface area contributed by atoms with Crippen molar-refractivity contribution >= 4 is 23.0 Å². The number of nitrogen functional groups attached to an aromatic ring is 1. The minimum Gasteiger partial charge on any atom is -0.497 e. The van der Waals surface area contributed by atoms with Crippen LogP contribution in [0, 0.1) is 0 Å². The van der Waals surface area contributed by atoms with E-state index in [1.807, 2.05) is 24.3 Å². The molecule has 0 saturated carbocycles. The molecule has 0 aliphatic rings. The van der Waals surface area contributed by atoms with Crippen molar-refractivity contribution in [2.75, 3.05) is 24.8 Å². The van der Waals surface area contributed by atoms with Crippen molar-refractivity contribution in [1.82, 2.24) is 0 Å². The third-order valence-electron chi connectivity index (χ3n) is 2.89. The molecule has 5 nitrogen and oxygen atoms in total. The molecule has 0 bridgehead atoms. The molecule has 0 saturated heterocycles. The summed E-state index contributed by atoms with van der Waals surface area (Å²) < 4.78 is 10.2. The number of carbonyl (C=O) groups is 1. The van der Waals surface area contributed by atoms with Crippen LogP contribution in [-0.4, -0.2) is 19.7 Å². The number of hydrogen-bond acceptors (Lipinski definition) is 5. The predicted molar refractivity (Wildman–Crippen MR) is 83.1 cm³/mol. The van der Waals surface area contributed by atoms with E-state index in [2.05, 4.69) is 5.32 Å². The van der Waals surface area contributed by atoms with E-state index in [0.29, 0.717) is 23.5 Å². The Morgan fingerprint density at radius 1 is 1.24 bits per heavy atom. The van der Waals surface area contributed by atoms with Crippen molar-refractivity contribution in [3.63, 3.8) is 0 Å². The molecular formula is C16H18N2O3. The molecule has 0 aromatic heterocycles. The van der Waals surface area contributed by atoms with Crippen molar-refractivity contribution in [2.24, 2.45) is 0 Å². The second-order valence-electron chi connectivity index (χ2n) is 4.38. The Morgan fingerprint density at radius 2 is 2.05 bits per heavy atom. The maximum absolute atomic E-state index is 12.0. The zero-order valence-electron chi connectivity index (χ0n) is 12.1. The van der Waals surface area contributed by atoms with E-state index in [-0.39, 0.29) is 0 Å². The molecule has 0 fully saturated rings. The molecule has 0 aliphatic heterocycles. The highest BCUT2D eigenvalue weighted by Gasteiger charge is 2.13. The van der Waals surface area contributed by atoms with Gasteiger partial charge in [0.15, 0.2) is 0 Å². The van der Waals surface area contributed by atoms with Crippen LogP contribution in [-0.2, 0) is 4.74 Å². The number of anilines is 3. The van der Waals surface area contributed by atoms with Crippen LogP contribution in [0.1, 0.15) is 17.3 Å². The average Bonchev–Trinajstić information content (AvgIpc) is 2.49. The lowest BCUT2D eigenvalue weighted by Crippen LogP contribution is -2.08. The van der Waals surface area contributed by atoms with Gasteiger partial charge >= 0.3 is 5.97 Å². The zero-order valence-corrected chi connectivity index (χ0v) is 12.1. The van der Waals surface area contributed by atoms with E-state index >= 15 is 0 Å². The van der Waals surface area contributed by atoms with Crippen LogP contribution < -0.4 is 15.8 Å². The van der Waals surface area contributed by atoms with Gasteiger partial charge in [0.1, 0.15) is 5.75 Å². The fraction of sp³-hybridized carbons (Fsp3) is 0.188. The number of nitrogens with two attached hydrogens (primary N) is 1. The van der Waals surface area contributed by atoms with Crippen LogP contribution in [0.15, 0.2) is 42.5 Å². The van der Waals surface area contributed by atoms with Crippen molar-refractivity contribution in [1.29, 1.82) is 0 Å². The summed E-state index contributed by atoms with van der Waals surface area (Å²) in [6.45, 7) is 2.07. The van der Waals surface area contributed by atoms with Gasteiger partial charge in [-0.2, -0.15) is 0 Å². The standard InChI is InChI=1S/C16H18N2O3/c1-3-21-16(19)14-9-11(17)7-8-15(14)18-12-5-4-6-13(10-12)20-2/h4-10,18H,3,17H2,1-2H3. The summed E-state index contributed by atoms with van der Waals surface area (Å²) in [6, 6.07) is 12.5. The van der Waals surface area contributed by atoms with E-state index in [1.165, 1.54) is 0 Å². The van der Waals surface area contributed by atoms with Crippen molar-refractivity contribution in [2.45, 2.75) is 6.92 Å². The van der Waals surface area contributed by atoms with Crippen molar-refractivity contribution in [3.8, 4) is 5.75 Å². The van der Waals surface area contributed by atoms with Gasteiger partial charge in [0.25, 0.3) is 0 Å². The third-order valence-corrected chi connectivity index (χ3v) is 2.89. The molecule has 0 aliphatic carbocycles. The topological polar surface area (TPSA) is 73.6 Å². The Labute approximate surface area is 123 Å². The Morgan fingerprint density at radius 3 is 2.76 bits per heavy atom. The Hall–Kier alpha value is -2.69. The molecule has 2 aromatic carbocycles. The first-order valence-electron chi connectivity index (χ1n) is 6.61. The molecule has 0 heterocycles. The maximum atomic E-state index is 12.0. The summed E-state index contributed by atoms with van der Waals surface area (Å²) in [5.74, 6) is 0.323. The van der Waals surface area contributed by atoms with E-state index in [4.69, 9.17) is 15.2 Å². The lowest BCUT2D eigenvalue weighted by atomic mass is 10.1. The van der Waals surface area contributed by atoms with Gasteiger partial charge in [-0.05, 0) is 37.3 Å². The van der Waals surface area contributed by atoms with Crippen molar-refractivity contribution < 1.29 is 14.3 Å². The minimum absolute atomic E-state index is 0.312. The molecule has 21 heavy (non-hydrogen) atoms.